The lowest BCUT2D eigenvalue weighted by Gasteiger charge is -2.30. The highest BCUT2D eigenvalue weighted by Crippen LogP contribution is 2.20. The van der Waals surface area contributed by atoms with Crippen molar-refractivity contribution in [1.82, 2.24) is 10.0 Å². The Balaban J connectivity index is 2.63. The summed E-state index contributed by atoms with van der Waals surface area (Å²) in [5.74, 6) is 0. The Hall–Kier alpha value is -0.500. The summed E-state index contributed by atoms with van der Waals surface area (Å²) in [5, 5.41) is 4.48. The van der Waals surface area contributed by atoms with Gasteiger partial charge in [-0.25, -0.2) is 5.01 Å². The van der Waals surface area contributed by atoms with E-state index in [1.165, 1.54) is 5.70 Å². The predicted octanol–water partition coefficient (Wildman–Crippen LogP) is 1.46. The average molecular weight is 140 g/mol. The molecule has 1 heterocycles. The average Bonchev–Trinajstić information content (AvgIpc) is 2.11. The van der Waals surface area contributed by atoms with Crippen molar-refractivity contribution < 1.29 is 0 Å². The van der Waals surface area contributed by atoms with E-state index in [1.54, 1.807) is 0 Å². The van der Waals surface area contributed by atoms with Crippen LogP contribution in [0.3, 0.4) is 0 Å². The molecule has 1 saturated heterocycles. The van der Waals surface area contributed by atoms with Crippen LogP contribution in [0.15, 0.2) is 12.3 Å². The van der Waals surface area contributed by atoms with Crippen molar-refractivity contribution in [2.45, 2.75) is 26.3 Å². The Labute approximate surface area is 63.1 Å². The van der Waals surface area contributed by atoms with Gasteiger partial charge in [-0.1, -0.05) is 6.58 Å². The van der Waals surface area contributed by atoms with Gasteiger partial charge in [-0.05, 0) is 13.8 Å². The van der Waals surface area contributed by atoms with E-state index in [-0.39, 0.29) is 0 Å². The van der Waals surface area contributed by atoms with Gasteiger partial charge in [0.2, 0.25) is 0 Å². The monoisotopic (exact) mass is 140 g/mol. The second-order valence-corrected chi connectivity index (χ2v) is 3.14. The van der Waals surface area contributed by atoms with Crippen LogP contribution in [-0.4, -0.2) is 29.7 Å². The third-order valence-electron chi connectivity index (χ3n) is 1.90. The van der Waals surface area contributed by atoms with E-state index in [4.69, 9.17) is 0 Å². The maximum absolute atomic E-state index is 3.99. The van der Waals surface area contributed by atoms with E-state index < -0.39 is 0 Å². The molecule has 1 aliphatic heterocycles. The van der Waals surface area contributed by atoms with Gasteiger partial charge < -0.3 is 5.01 Å². The van der Waals surface area contributed by atoms with E-state index in [9.17, 15) is 0 Å². The predicted molar refractivity (Wildman–Crippen MR) is 43.4 cm³/mol. The molecule has 0 saturated carbocycles. The molecule has 0 spiro atoms. The summed E-state index contributed by atoms with van der Waals surface area (Å²) in [4.78, 5) is 0. The maximum atomic E-state index is 3.99. The van der Waals surface area contributed by atoms with Crippen molar-refractivity contribution in [2.75, 3.05) is 13.6 Å². The fourth-order valence-electron chi connectivity index (χ4n) is 1.51. The van der Waals surface area contributed by atoms with Crippen LogP contribution in [0, 0.1) is 0 Å². The Kier molecular flexibility index (Phi) is 2.00. The Bertz CT molecular complexity index is 140. The molecule has 10 heavy (non-hydrogen) atoms. The summed E-state index contributed by atoms with van der Waals surface area (Å²) in [6.07, 6.45) is 1.12. The molecule has 2 nitrogen and oxygen atoms in total. The van der Waals surface area contributed by atoms with Gasteiger partial charge in [-0.2, -0.15) is 0 Å². The van der Waals surface area contributed by atoms with Crippen LogP contribution in [0.4, 0.5) is 0 Å². The Morgan fingerprint density at radius 1 is 1.50 bits per heavy atom. The lowest BCUT2D eigenvalue weighted by Crippen LogP contribution is -2.37. The van der Waals surface area contributed by atoms with E-state index in [0.29, 0.717) is 6.04 Å². The van der Waals surface area contributed by atoms with Crippen LogP contribution in [-0.2, 0) is 0 Å². The lowest BCUT2D eigenvalue weighted by molar-refractivity contribution is 0.0499. The van der Waals surface area contributed by atoms with Crippen molar-refractivity contribution in [2.24, 2.45) is 0 Å². The van der Waals surface area contributed by atoms with Crippen LogP contribution < -0.4 is 0 Å². The molecule has 1 aliphatic rings. The van der Waals surface area contributed by atoms with Crippen LogP contribution in [0.25, 0.3) is 0 Å². The molecule has 0 radical (unpaired) electrons. The summed E-state index contributed by atoms with van der Waals surface area (Å²) in [7, 11) is 2.11. The van der Waals surface area contributed by atoms with Gasteiger partial charge in [0.25, 0.3) is 0 Å². The molecule has 0 aromatic carbocycles. The van der Waals surface area contributed by atoms with E-state index in [0.717, 1.165) is 13.0 Å². The van der Waals surface area contributed by atoms with Gasteiger partial charge >= 0.3 is 0 Å². The molecule has 0 aromatic rings. The van der Waals surface area contributed by atoms with Crippen LogP contribution in [0.1, 0.15) is 20.3 Å². The second-order valence-electron chi connectivity index (χ2n) is 3.14. The zero-order valence-electron chi connectivity index (χ0n) is 7.09. The topological polar surface area (TPSA) is 6.48 Å². The van der Waals surface area contributed by atoms with E-state index >= 15 is 0 Å². The highest BCUT2D eigenvalue weighted by Gasteiger charge is 2.22. The van der Waals surface area contributed by atoms with E-state index in [1.807, 2.05) is 0 Å². The quantitative estimate of drug-likeness (QED) is 0.544. The van der Waals surface area contributed by atoms with Crippen LogP contribution in [0.2, 0.25) is 0 Å². The zero-order valence-corrected chi connectivity index (χ0v) is 7.09. The largest absolute Gasteiger partial charge is 0.308 e. The molecule has 0 aliphatic carbocycles. The third-order valence-corrected chi connectivity index (χ3v) is 1.90. The normalized spacial score (nSPS) is 21.2. The van der Waals surface area contributed by atoms with Gasteiger partial charge in [-0.3, -0.25) is 0 Å². The summed E-state index contributed by atoms with van der Waals surface area (Å²) in [6.45, 7) is 9.49. The molecule has 0 aromatic heterocycles. The molecule has 0 atom stereocenters. The third kappa shape index (κ3) is 1.16. The minimum atomic E-state index is 0.556. The van der Waals surface area contributed by atoms with Crippen LogP contribution >= 0.6 is 0 Å². The van der Waals surface area contributed by atoms with Gasteiger partial charge in [0.05, 0.1) is 0 Å². The molecule has 1 rings (SSSR count). The first-order chi connectivity index (χ1) is 4.63. The first-order valence-corrected chi connectivity index (χ1v) is 3.81. The SMILES string of the molecule is C=C1CCN(C)N1C(C)C. The molecule has 0 bridgehead atoms. The van der Waals surface area contributed by atoms with Gasteiger partial charge in [0, 0.05) is 31.8 Å². The fourth-order valence-corrected chi connectivity index (χ4v) is 1.51. The minimum absolute atomic E-state index is 0.556. The highest BCUT2D eigenvalue weighted by molar-refractivity contribution is 4.99. The number of nitrogens with zero attached hydrogens (tertiary/aromatic N) is 2. The van der Waals surface area contributed by atoms with Gasteiger partial charge in [-0.15, -0.1) is 0 Å². The molecule has 0 N–H and O–H groups in total. The van der Waals surface area contributed by atoms with Gasteiger partial charge in [0.1, 0.15) is 0 Å². The maximum Gasteiger partial charge on any atom is 0.0397 e. The molecule has 58 valence electrons. The molecule has 0 unspecified atom stereocenters. The number of rotatable bonds is 1. The minimum Gasteiger partial charge on any atom is -0.308 e. The van der Waals surface area contributed by atoms with E-state index in [2.05, 4.69) is 37.5 Å². The summed E-state index contributed by atoms with van der Waals surface area (Å²) < 4.78 is 0. The summed E-state index contributed by atoms with van der Waals surface area (Å²) in [6, 6.07) is 0.556. The zero-order chi connectivity index (χ0) is 7.72. The Morgan fingerprint density at radius 2 is 2.10 bits per heavy atom. The van der Waals surface area contributed by atoms with Crippen molar-refractivity contribution in [3.8, 4) is 0 Å². The standard InChI is InChI=1S/C8H16N2/c1-7(2)10-8(3)5-6-9(10)4/h7H,3,5-6H2,1-2,4H3. The molecule has 0 amide bonds. The Morgan fingerprint density at radius 3 is 2.30 bits per heavy atom. The molecular formula is C8H16N2. The molecule has 1 fully saturated rings. The van der Waals surface area contributed by atoms with Crippen molar-refractivity contribution in [1.29, 1.82) is 0 Å². The molecular weight excluding hydrogens is 124 g/mol. The van der Waals surface area contributed by atoms with Crippen molar-refractivity contribution in [3.63, 3.8) is 0 Å². The van der Waals surface area contributed by atoms with Crippen molar-refractivity contribution in [3.05, 3.63) is 12.3 Å². The smallest absolute Gasteiger partial charge is 0.0397 e. The number of hydrogen-bond acceptors (Lipinski definition) is 2. The summed E-state index contributed by atoms with van der Waals surface area (Å²) >= 11 is 0. The summed E-state index contributed by atoms with van der Waals surface area (Å²) in [5.41, 5.74) is 1.25. The van der Waals surface area contributed by atoms with Crippen LogP contribution in [0.5, 0.6) is 0 Å². The highest BCUT2D eigenvalue weighted by atomic mass is 15.6. The number of hydrogen-bond donors (Lipinski definition) is 0. The van der Waals surface area contributed by atoms with Gasteiger partial charge in [0.15, 0.2) is 0 Å². The second kappa shape index (κ2) is 2.62. The number of hydrazine groups is 1. The molecule has 2 heteroatoms. The van der Waals surface area contributed by atoms with Crippen molar-refractivity contribution >= 4 is 0 Å². The first-order valence-electron chi connectivity index (χ1n) is 3.81. The first kappa shape index (κ1) is 7.61. The lowest BCUT2D eigenvalue weighted by atomic mass is 10.3. The fraction of sp³-hybridized carbons (Fsp3) is 0.750.